The van der Waals surface area contributed by atoms with Gasteiger partial charge in [0.15, 0.2) is 0 Å². The van der Waals surface area contributed by atoms with Crippen LogP contribution >= 0.6 is 0 Å². The maximum absolute atomic E-state index is 12.0. The van der Waals surface area contributed by atoms with Crippen LogP contribution < -0.4 is 10.1 Å². The second-order valence-corrected chi connectivity index (χ2v) is 5.22. The monoisotopic (exact) mass is 310 g/mol. The SMILES string of the molecule is N#CC1(C(=O)NCC(O)c2ccc(OC(F)F)cc2)CCC1. The zero-order chi connectivity index (χ0) is 16.2. The van der Waals surface area contributed by atoms with E-state index in [1.165, 1.54) is 24.3 Å². The molecule has 1 amide bonds. The Morgan fingerprint density at radius 3 is 2.50 bits per heavy atom. The molecule has 0 heterocycles. The van der Waals surface area contributed by atoms with E-state index < -0.39 is 18.1 Å². The fraction of sp³-hybridized carbons (Fsp3) is 0.467. The second-order valence-electron chi connectivity index (χ2n) is 5.22. The van der Waals surface area contributed by atoms with Crippen molar-refractivity contribution in [2.45, 2.75) is 32.0 Å². The molecule has 7 heteroatoms. The molecule has 0 aliphatic heterocycles. The first-order valence-electron chi connectivity index (χ1n) is 6.89. The number of ether oxygens (including phenoxy) is 1. The first kappa shape index (κ1) is 16.2. The number of benzene rings is 1. The van der Waals surface area contributed by atoms with Crippen LogP contribution in [-0.4, -0.2) is 24.2 Å². The highest BCUT2D eigenvalue weighted by Gasteiger charge is 2.44. The van der Waals surface area contributed by atoms with Gasteiger partial charge in [0, 0.05) is 6.54 Å². The summed E-state index contributed by atoms with van der Waals surface area (Å²) in [5, 5.41) is 21.6. The summed E-state index contributed by atoms with van der Waals surface area (Å²) in [6, 6.07) is 7.54. The molecule has 1 aromatic carbocycles. The Morgan fingerprint density at radius 2 is 2.05 bits per heavy atom. The summed E-state index contributed by atoms with van der Waals surface area (Å²) >= 11 is 0. The van der Waals surface area contributed by atoms with Crippen molar-refractivity contribution < 1.29 is 23.4 Å². The van der Waals surface area contributed by atoms with Crippen LogP contribution in [0.5, 0.6) is 5.75 Å². The fourth-order valence-electron chi connectivity index (χ4n) is 2.27. The van der Waals surface area contributed by atoms with E-state index >= 15 is 0 Å². The number of nitriles is 1. The van der Waals surface area contributed by atoms with Gasteiger partial charge in [0.1, 0.15) is 11.2 Å². The van der Waals surface area contributed by atoms with Crippen molar-refractivity contribution >= 4 is 5.91 Å². The van der Waals surface area contributed by atoms with E-state index in [0.29, 0.717) is 18.4 Å². The number of nitrogens with zero attached hydrogens (tertiary/aromatic N) is 1. The molecule has 1 aliphatic carbocycles. The van der Waals surface area contributed by atoms with E-state index in [-0.39, 0.29) is 18.2 Å². The number of hydrogen-bond donors (Lipinski definition) is 2. The third-order valence-electron chi connectivity index (χ3n) is 3.80. The molecular weight excluding hydrogens is 294 g/mol. The van der Waals surface area contributed by atoms with Crippen LogP contribution in [0.15, 0.2) is 24.3 Å². The number of aliphatic hydroxyl groups is 1. The first-order valence-corrected chi connectivity index (χ1v) is 6.89. The topological polar surface area (TPSA) is 82.4 Å². The van der Waals surface area contributed by atoms with Gasteiger partial charge in [0.05, 0.1) is 12.2 Å². The minimum atomic E-state index is -2.90. The molecule has 0 spiro atoms. The maximum Gasteiger partial charge on any atom is 0.387 e. The number of hydrogen-bond acceptors (Lipinski definition) is 4. The minimum absolute atomic E-state index is 0.00659. The number of amides is 1. The zero-order valence-corrected chi connectivity index (χ0v) is 11.8. The molecular formula is C15H16F2N2O3. The predicted octanol–water partition coefficient (Wildman–Crippen LogP) is 2.13. The van der Waals surface area contributed by atoms with E-state index in [1.807, 2.05) is 6.07 Å². The van der Waals surface area contributed by atoms with Gasteiger partial charge in [-0.1, -0.05) is 12.1 Å². The van der Waals surface area contributed by atoms with Crippen LogP contribution in [0.4, 0.5) is 8.78 Å². The number of alkyl halides is 2. The van der Waals surface area contributed by atoms with Crippen molar-refractivity contribution in [1.29, 1.82) is 5.26 Å². The number of aliphatic hydroxyl groups excluding tert-OH is 1. The van der Waals surface area contributed by atoms with E-state index in [1.54, 1.807) is 0 Å². The Balaban J connectivity index is 1.88. The molecule has 1 fully saturated rings. The highest BCUT2D eigenvalue weighted by atomic mass is 19.3. The molecule has 22 heavy (non-hydrogen) atoms. The Bertz CT molecular complexity index is 565. The number of halogens is 2. The summed E-state index contributed by atoms with van der Waals surface area (Å²) in [6.07, 6.45) is 0.922. The Kier molecular flexibility index (Phi) is 4.93. The third kappa shape index (κ3) is 3.52. The molecule has 118 valence electrons. The van der Waals surface area contributed by atoms with Crippen molar-refractivity contribution in [3.05, 3.63) is 29.8 Å². The molecule has 0 bridgehead atoms. The standard InChI is InChI=1S/C15H16F2N2O3/c16-14(17)22-11-4-2-10(3-5-11)12(20)8-19-13(21)15(9-18)6-1-7-15/h2-5,12,14,20H,1,6-8H2,(H,19,21). The van der Waals surface area contributed by atoms with Crippen molar-refractivity contribution in [2.24, 2.45) is 5.41 Å². The first-order chi connectivity index (χ1) is 10.5. The van der Waals surface area contributed by atoms with Gasteiger partial charge in [0.2, 0.25) is 5.91 Å². The molecule has 1 aromatic rings. The minimum Gasteiger partial charge on any atom is -0.435 e. The van der Waals surface area contributed by atoms with Gasteiger partial charge < -0.3 is 15.2 Å². The lowest BCUT2D eigenvalue weighted by Crippen LogP contribution is -2.45. The predicted molar refractivity (Wildman–Crippen MR) is 72.9 cm³/mol. The number of carbonyl (C=O) groups is 1. The molecule has 5 nitrogen and oxygen atoms in total. The van der Waals surface area contributed by atoms with Crippen LogP contribution in [-0.2, 0) is 4.79 Å². The Labute approximate surface area is 126 Å². The van der Waals surface area contributed by atoms with E-state index in [2.05, 4.69) is 10.1 Å². The van der Waals surface area contributed by atoms with Crippen LogP contribution in [0.3, 0.4) is 0 Å². The van der Waals surface area contributed by atoms with Gasteiger partial charge in [-0.3, -0.25) is 4.79 Å². The van der Waals surface area contributed by atoms with Crippen LogP contribution in [0.1, 0.15) is 30.9 Å². The zero-order valence-electron chi connectivity index (χ0n) is 11.8. The molecule has 0 aromatic heterocycles. The number of nitrogens with one attached hydrogen (secondary N) is 1. The fourth-order valence-corrected chi connectivity index (χ4v) is 2.27. The summed E-state index contributed by atoms with van der Waals surface area (Å²) in [5.74, 6) is -0.383. The molecule has 1 aliphatic rings. The van der Waals surface area contributed by atoms with Crippen molar-refractivity contribution in [3.8, 4) is 11.8 Å². The number of rotatable bonds is 6. The summed E-state index contributed by atoms with van der Waals surface area (Å²) < 4.78 is 28.3. The van der Waals surface area contributed by atoms with Crippen LogP contribution in [0.2, 0.25) is 0 Å². The van der Waals surface area contributed by atoms with Gasteiger partial charge in [-0.25, -0.2) is 0 Å². The molecule has 2 N–H and O–H groups in total. The lowest BCUT2D eigenvalue weighted by molar-refractivity contribution is -0.132. The molecule has 0 radical (unpaired) electrons. The van der Waals surface area contributed by atoms with Gasteiger partial charge in [-0.2, -0.15) is 14.0 Å². The van der Waals surface area contributed by atoms with E-state index in [4.69, 9.17) is 5.26 Å². The molecule has 1 unspecified atom stereocenters. The van der Waals surface area contributed by atoms with Crippen LogP contribution in [0, 0.1) is 16.7 Å². The van der Waals surface area contributed by atoms with Gasteiger partial charge in [0.25, 0.3) is 0 Å². The summed E-state index contributed by atoms with van der Waals surface area (Å²) in [6.45, 7) is -2.95. The normalized spacial score (nSPS) is 17.2. The van der Waals surface area contributed by atoms with Crippen molar-refractivity contribution in [2.75, 3.05) is 6.54 Å². The smallest absolute Gasteiger partial charge is 0.387 e. The average Bonchev–Trinajstić information content (AvgIpc) is 2.44. The summed E-state index contributed by atoms with van der Waals surface area (Å²) in [7, 11) is 0. The maximum atomic E-state index is 12.0. The molecule has 2 rings (SSSR count). The van der Waals surface area contributed by atoms with Gasteiger partial charge >= 0.3 is 6.61 Å². The summed E-state index contributed by atoms with van der Waals surface area (Å²) in [4.78, 5) is 11.9. The van der Waals surface area contributed by atoms with E-state index in [0.717, 1.165) is 6.42 Å². The van der Waals surface area contributed by atoms with Crippen LogP contribution in [0.25, 0.3) is 0 Å². The Hall–Kier alpha value is -2.20. The average molecular weight is 310 g/mol. The number of carbonyl (C=O) groups excluding carboxylic acids is 1. The lowest BCUT2D eigenvalue weighted by Gasteiger charge is -2.33. The highest BCUT2D eigenvalue weighted by Crippen LogP contribution is 2.40. The Morgan fingerprint density at radius 1 is 1.41 bits per heavy atom. The largest absolute Gasteiger partial charge is 0.435 e. The van der Waals surface area contributed by atoms with Crippen molar-refractivity contribution in [3.63, 3.8) is 0 Å². The van der Waals surface area contributed by atoms with Gasteiger partial charge in [-0.05, 0) is 37.0 Å². The molecule has 0 saturated heterocycles. The lowest BCUT2D eigenvalue weighted by atomic mass is 9.69. The second kappa shape index (κ2) is 6.71. The molecule has 1 saturated carbocycles. The summed E-state index contributed by atoms with van der Waals surface area (Å²) in [5.41, 5.74) is -0.504. The quantitative estimate of drug-likeness (QED) is 0.843. The molecule has 1 atom stereocenters. The van der Waals surface area contributed by atoms with Crippen molar-refractivity contribution in [1.82, 2.24) is 5.32 Å². The highest BCUT2D eigenvalue weighted by molar-refractivity contribution is 5.86. The third-order valence-corrected chi connectivity index (χ3v) is 3.80. The van der Waals surface area contributed by atoms with Gasteiger partial charge in [-0.15, -0.1) is 0 Å². The van der Waals surface area contributed by atoms with E-state index in [9.17, 15) is 18.7 Å².